The van der Waals surface area contributed by atoms with Gasteiger partial charge in [0.2, 0.25) is 0 Å². The van der Waals surface area contributed by atoms with Crippen LogP contribution in [0.3, 0.4) is 0 Å². The van der Waals surface area contributed by atoms with E-state index in [0.717, 1.165) is 59.4 Å². The van der Waals surface area contributed by atoms with Gasteiger partial charge in [0.05, 0.1) is 0 Å². The largest absolute Gasteiger partial charge is 0.316 e. The lowest BCUT2D eigenvalue weighted by molar-refractivity contribution is -0.102. The normalized spacial score (nSPS) is 33.8. The first kappa shape index (κ1) is 56.4. The first-order valence-electron chi connectivity index (χ1n) is 30.4. The molecule has 12 aliphatic rings. The van der Waals surface area contributed by atoms with Gasteiger partial charge in [-0.05, 0) is 234 Å². The number of nitrogens with one attached hydrogen (secondary N) is 3. The van der Waals surface area contributed by atoms with Crippen molar-refractivity contribution < 1.29 is 0 Å². The second kappa shape index (κ2) is 24.5. The van der Waals surface area contributed by atoms with Crippen molar-refractivity contribution >= 4 is 0 Å². The maximum absolute atomic E-state index is 3.68. The van der Waals surface area contributed by atoms with E-state index in [2.05, 4.69) is 135 Å². The first-order valence-corrected chi connectivity index (χ1v) is 30.4. The third-order valence-corrected chi connectivity index (χ3v) is 20.8. The average Bonchev–Trinajstić information content (AvgIpc) is 4.13. The molecule has 0 radical (unpaired) electrons. The van der Waals surface area contributed by atoms with Gasteiger partial charge in [-0.25, -0.2) is 0 Å². The van der Waals surface area contributed by atoms with Crippen molar-refractivity contribution in [3.8, 4) is 0 Å². The van der Waals surface area contributed by atoms with E-state index in [0.29, 0.717) is 21.9 Å². The predicted octanol–water partition coefficient (Wildman–Crippen LogP) is 10.0. The van der Waals surface area contributed by atoms with Gasteiger partial charge in [-0.3, -0.25) is 19.6 Å². The topological polar surface area (TPSA) is 55.5 Å². The van der Waals surface area contributed by atoms with Gasteiger partial charge >= 0.3 is 0 Å². The molecule has 0 bridgehead atoms. The standard InChI is InChI=1S/C11H21N.2C10H20N2.2C10H19N.C9H18N2/c1-10(2)12-9-5-8-11(12)6-3-4-7-11;1-9(2)12-6-4-10(8-12)3-5-11-7-10;1-9(2)12-7-5-10(8-12)4-3-6-11-10;1-8(2)11-6-10(7-11)4-9(3)5-10;1-8(2)11-6-9-4-3-5-10(9)7-11;1-8(2)11-6-9(7-11)3-4-10-5-9/h10H,3-9H2,1-2H3;2*9,11H,3-8H2,1-2H3;8-9H,4-7H2,1-3H3;8-10H,3-7H2,1-2H3;8,10H,3-7H2,1-2H3. The summed E-state index contributed by atoms with van der Waals surface area (Å²) in [6.07, 6.45) is 24.7. The van der Waals surface area contributed by atoms with Crippen molar-refractivity contribution in [1.82, 2.24) is 45.3 Å². The number of nitrogens with zero attached hydrogens (tertiary/aromatic N) is 6. The lowest BCUT2D eigenvalue weighted by atomic mass is 9.58. The van der Waals surface area contributed by atoms with Crippen molar-refractivity contribution in [3.63, 3.8) is 0 Å². The summed E-state index contributed by atoms with van der Waals surface area (Å²) in [6.45, 7) is 51.2. The molecule has 12 fully saturated rings. The summed E-state index contributed by atoms with van der Waals surface area (Å²) in [5.74, 6) is 3.15. The van der Waals surface area contributed by atoms with Gasteiger partial charge in [-0.2, -0.15) is 0 Å². The summed E-state index contributed by atoms with van der Waals surface area (Å²) in [4.78, 5) is 15.8. The Morgan fingerprint density at radius 3 is 1.35 bits per heavy atom. The molecular formula is C60H117N9. The quantitative estimate of drug-likeness (QED) is 0.242. The third-order valence-electron chi connectivity index (χ3n) is 20.8. The second-order valence-corrected chi connectivity index (χ2v) is 28.1. The van der Waals surface area contributed by atoms with Crippen LogP contribution in [0.15, 0.2) is 0 Å². The van der Waals surface area contributed by atoms with Crippen LogP contribution in [0.2, 0.25) is 0 Å². The summed E-state index contributed by atoms with van der Waals surface area (Å²) < 4.78 is 0. The molecule has 3 aliphatic carbocycles. The molecule has 9 aliphatic heterocycles. The van der Waals surface area contributed by atoms with Crippen molar-refractivity contribution in [2.75, 3.05) is 105 Å². The molecule has 3 N–H and O–H groups in total. The lowest BCUT2D eigenvalue weighted by Crippen LogP contribution is -2.63. The molecule has 4 unspecified atom stereocenters. The van der Waals surface area contributed by atoms with Crippen LogP contribution in [0.4, 0.5) is 0 Å². The zero-order chi connectivity index (χ0) is 49.6. The Balaban J connectivity index is 0.000000122. The molecular weight excluding hydrogens is 847 g/mol. The Morgan fingerprint density at radius 1 is 0.406 bits per heavy atom. The molecule has 9 nitrogen and oxygen atoms in total. The highest BCUT2D eigenvalue weighted by Crippen LogP contribution is 2.52. The van der Waals surface area contributed by atoms with Gasteiger partial charge in [-0.1, -0.05) is 26.2 Å². The molecule has 3 saturated carbocycles. The number of hydrogen-bond acceptors (Lipinski definition) is 9. The van der Waals surface area contributed by atoms with E-state index < -0.39 is 0 Å². The molecule has 69 heavy (non-hydrogen) atoms. The molecule has 9 saturated heterocycles. The van der Waals surface area contributed by atoms with Crippen LogP contribution in [0, 0.1) is 34.0 Å². The fourth-order valence-electron chi connectivity index (χ4n) is 16.2. The Hall–Kier alpha value is -0.360. The van der Waals surface area contributed by atoms with Crippen molar-refractivity contribution in [3.05, 3.63) is 0 Å². The fourth-order valence-corrected chi connectivity index (χ4v) is 16.2. The monoisotopic (exact) mass is 964 g/mol. The van der Waals surface area contributed by atoms with E-state index in [1.165, 1.54) is 214 Å². The molecule has 0 aromatic heterocycles. The van der Waals surface area contributed by atoms with E-state index in [4.69, 9.17) is 0 Å². The van der Waals surface area contributed by atoms with Crippen LogP contribution in [-0.2, 0) is 0 Å². The summed E-state index contributed by atoms with van der Waals surface area (Å²) in [5.41, 5.74) is 3.32. The maximum atomic E-state index is 3.68. The summed E-state index contributed by atoms with van der Waals surface area (Å²) in [5, 5.41) is 10.6. The minimum absolute atomic E-state index is 0.518. The Morgan fingerprint density at radius 2 is 0.899 bits per heavy atom. The Bertz CT molecular complexity index is 1420. The number of likely N-dealkylation sites (tertiary alicyclic amines) is 6. The van der Waals surface area contributed by atoms with E-state index in [-0.39, 0.29) is 0 Å². The van der Waals surface area contributed by atoms with Gasteiger partial charge < -0.3 is 25.8 Å². The van der Waals surface area contributed by atoms with E-state index >= 15 is 0 Å². The second-order valence-electron chi connectivity index (χ2n) is 28.1. The Labute approximate surface area is 428 Å². The van der Waals surface area contributed by atoms with E-state index in [1.54, 1.807) is 0 Å². The molecule has 402 valence electrons. The molecule has 9 heteroatoms. The molecule has 0 amide bonds. The minimum atomic E-state index is 0.518. The van der Waals surface area contributed by atoms with Gasteiger partial charge in [0.1, 0.15) is 0 Å². The SMILES string of the molecule is CC(C)N1CC2(CCNC2)C1.CC(C)N1CC2CCCC2C1.CC(C)N1CCC2(CCCN2)C1.CC(C)N1CCC2(CCNC2)C1.CC(C)N1CCCC12CCCC2.CC1CC2(C1)CN(C(C)C)C2. The highest BCUT2D eigenvalue weighted by Gasteiger charge is 2.51. The summed E-state index contributed by atoms with van der Waals surface area (Å²) >= 11 is 0. The van der Waals surface area contributed by atoms with Gasteiger partial charge in [0.25, 0.3) is 0 Å². The third kappa shape index (κ3) is 14.3. The van der Waals surface area contributed by atoms with Gasteiger partial charge in [0.15, 0.2) is 0 Å². The van der Waals surface area contributed by atoms with Crippen LogP contribution in [0.1, 0.15) is 199 Å². The predicted molar refractivity (Wildman–Crippen MR) is 297 cm³/mol. The average molecular weight is 965 g/mol. The molecule has 4 atom stereocenters. The molecule has 9 heterocycles. The summed E-state index contributed by atoms with van der Waals surface area (Å²) in [6, 6.07) is 4.54. The number of fused-ring (bicyclic) bond motifs is 1. The van der Waals surface area contributed by atoms with Crippen molar-refractivity contribution in [2.45, 2.75) is 246 Å². The molecule has 12 rings (SSSR count). The molecule has 0 aromatic carbocycles. The minimum Gasteiger partial charge on any atom is -0.316 e. The Kier molecular flexibility index (Phi) is 20.0. The van der Waals surface area contributed by atoms with Crippen LogP contribution in [0.5, 0.6) is 0 Å². The molecule has 0 aromatic rings. The van der Waals surface area contributed by atoms with Gasteiger partial charge in [-0.15, -0.1) is 0 Å². The zero-order valence-corrected chi connectivity index (χ0v) is 48.2. The van der Waals surface area contributed by atoms with Crippen LogP contribution >= 0.6 is 0 Å². The van der Waals surface area contributed by atoms with Gasteiger partial charge in [0, 0.05) is 125 Å². The van der Waals surface area contributed by atoms with Crippen molar-refractivity contribution in [1.29, 1.82) is 0 Å². The smallest absolute Gasteiger partial charge is 0.0321 e. The zero-order valence-electron chi connectivity index (χ0n) is 48.2. The maximum Gasteiger partial charge on any atom is 0.0321 e. The van der Waals surface area contributed by atoms with E-state index in [1.807, 2.05) is 0 Å². The van der Waals surface area contributed by atoms with Crippen molar-refractivity contribution in [2.24, 2.45) is 34.0 Å². The summed E-state index contributed by atoms with van der Waals surface area (Å²) in [7, 11) is 0. The first-order chi connectivity index (χ1) is 32.8. The van der Waals surface area contributed by atoms with Crippen LogP contribution in [-0.4, -0.2) is 181 Å². The van der Waals surface area contributed by atoms with Crippen LogP contribution in [0.25, 0.3) is 0 Å². The number of hydrogen-bond donors (Lipinski definition) is 3. The lowest BCUT2D eigenvalue weighted by Gasteiger charge is -2.60. The highest BCUT2D eigenvalue weighted by atomic mass is 15.3. The van der Waals surface area contributed by atoms with Crippen LogP contribution < -0.4 is 16.0 Å². The van der Waals surface area contributed by atoms with E-state index in [9.17, 15) is 0 Å². The molecule has 5 spiro atoms. The number of rotatable bonds is 6. The fraction of sp³-hybridized carbons (Fsp3) is 1.00. The highest BCUT2D eigenvalue weighted by molar-refractivity contribution is 5.05.